The molecular formula is C24H23FN6O4S. The molecule has 5 rings (SSSR count). The summed E-state index contributed by atoms with van der Waals surface area (Å²) >= 11 is 0. The van der Waals surface area contributed by atoms with Crippen LogP contribution in [0.2, 0.25) is 0 Å². The van der Waals surface area contributed by atoms with Crippen molar-refractivity contribution in [2.45, 2.75) is 37.1 Å². The van der Waals surface area contributed by atoms with E-state index >= 15 is 0 Å². The van der Waals surface area contributed by atoms with Gasteiger partial charge in [-0.1, -0.05) is 29.5 Å². The lowest BCUT2D eigenvalue weighted by Crippen LogP contribution is -2.40. The number of hydrogen-bond donors (Lipinski definition) is 1. The Morgan fingerprint density at radius 3 is 2.72 bits per heavy atom. The van der Waals surface area contributed by atoms with Crippen molar-refractivity contribution < 1.29 is 17.6 Å². The van der Waals surface area contributed by atoms with Crippen LogP contribution in [-0.2, 0) is 16.6 Å². The van der Waals surface area contributed by atoms with Gasteiger partial charge < -0.3 is 4.98 Å². The number of hydrogen-bond acceptors (Lipinski definition) is 7. The van der Waals surface area contributed by atoms with Crippen molar-refractivity contribution in [3.63, 3.8) is 0 Å². The fourth-order valence-corrected chi connectivity index (χ4v) is 5.92. The third-order valence-electron chi connectivity index (χ3n) is 6.29. The minimum absolute atomic E-state index is 0.0503. The molecule has 186 valence electrons. The first-order valence-electron chi connectivity index (χ1n) is 11.4. The highest BCUT2D eigenvalue weighted by Crippen LogP contribution is 2.29. The van der Waals surface area contributed by atoms with Gasteiger partial charge in [0.1, 0.15) is 11.6 Å². The van der Waals surface area contributed by atoms with Crippen molar-refractivity contribution in [1.82, 2.24) is 29.3 Å². The van der Waals surface area contributed by atoms with Crippen molar-refractivity contribution in [1.29, 1.82) is 0 Å². The van der Waals surface area contributed by atoms with Gasteiger partial charge in [-0.3, -0.25) is 9.59 Å². The van der Waals surface area contributed by atoms with Crippen LogP contribution in [0, 0.1) is 5.82 Å². The standard InChI is InChI=1S/C24H23FN6O4S/c1-15(32)17-4-2-6-20(12-17)36(34,35)30-11-3-5-18(14-30)22-26-23-21(24(33)27-22)28-29-31(23)13-16-7-9-19(25)10-8-16/h2,4,6-10,12,18H,3,5,11,13-14H2,1H3,(H,26,27,33)/t18-/m1/s1. The van der Waals surface area contributed by atoms with Crippen LogP contribution in [0.25, 0.3) is 11.2 Å². The van der Waals surface area contributed by atoms with Crippen LogP contribution in [0.15, 0.2) is 58.2 Å². The minimum atomic E-state index is -3.85. The topological polar surface area (TPSA) is 131 Å². The van der Waals surface area contributed by atoms with Gasteiger partial charge in [-0.05, 0) is 49.6 Å². The average Bonchev–Trinajstić information content (AvgIpc) is 3.28. The summed E-state index contributed by atoms with van der Waals surface area (Å²) in [7, 11) is -3.85. The molecule has 0 spiro atoms. The predicted molar refractivity (Wildman–Crippen MR) is 129 cm³/mol. The number of nitrogens with zero attached hydrogens (tertiary/aromatic N) is 5. The number of piperidine rings is 1. The van der Waals surface area contributed by atoms with Crippen LogP contribution >= 0.6 is 0 Å². The van der Waals surface area contributed by atoms with Gasteiger partial charge in [0.15, 0.2) is 16.9 Å². The van der Waals surface area contributed by atoms with Crippen molar-refractivity contribution in [3.8, 4) is 0 Å². The number of H-pyrrole nitrogens is 1. The van der Waals surface area contributed by atoms with Gasteiger partial charge in [-0.2, -0.15) is 4.31 Å². The Bertz CT molecular complexity index is 1610. The van der Waals surface area contributed by atoms with E-state index in [0.29, 0.717) is 30.8 Å². The second-order valence-corrected chi connectivity index (χ2v) is 10.7. The maximum atomic E-state index is 13.3. The summed E-state index contributed by atoms with van der Waals surface area (Å²) in [6.07, 6.45) is 1.21. The van der Waals surface area contributed by atoms with E-state index in [1.54, 1.807) is 24.3 Å². The molecule has 2 aromatic heterocycles. The van der Waals surface area contributed by atoms with Crippen molar-refractivity contribution in [2.75, 3.05) is 13.1 Å². The number of rotatable bonds is 6. The average molecular weight is 511 g/mol. The quantitative estimate of drug-likeness (QED) is 0.394. The molecular weight excluding hydrogens is 487 g/mol. The fraction of sp³-hybridized carbons (Fsp3) is 0.292. The van der Waals surface area contributed by atoms with Crippen LogP contribution in [0.1, 0.15) is 47.4 Å². The Balaban J connectivity index is 1.44. The van der Waals surface area contributed by atoms with Gasteiger partial charge in [-0.25, -0.2) is 22.5 Å². The zero-order valence-corrected chi connectivity index (χ0v) is 20.2. The molecule has 0 unspecified atom stereocenters. The van der Waals surface area contributed by atoms with E-state index in [1.807, 2.05) is 0 Å². The molecule has 1 saturated heterocycles. The second kappa shape index (κ2) is 9.36. The molecule has 12 heteroatoms. The number of nitrogens with one attached hydrogen (secondary N) is 1. The molecule has 1 N–H and O–H groups in total. The highest BCUT2D eigenvalue weighted by Gasteiger charge is 2.32. The molecule has 2 aromatic carbocycles. The summed E-state index contributed by atoms with van der Waals surface area (Å²) in [5, 5.41) is 7.97. The van der Waals surface area contributed by atoms with Crippen LogP contribution in [0.3, 0.4) is 0 Å². The number of fused-ring (bicyclic) bond motifs is 1. The molecule has 0 saturated carbocycles. The fourth-order valence-electron chi connectivity index (χ4n) is 4.35. The van der Waals surface area contributed by atoms with Crippen molar-refractivity contribution in [2.24, 2.45) is 0 Å². The molecule has 4 aromatic rings. The van der Waals surface area contributed by atoms with E-state index in [0.717, 1.165) is 5.56 Å². The molecule has 1 atom stereocenters. The van der Waals surface area contributed by atoms with Crippen LogP contribution in [0.4, 0.5) is 4.39 Å². The van der Waals surface area contributed by atoms with Gasteiger partial charge in [0.25, 0.3) is 5.56 Å². The first-order valence-corrected chi connectivity index (χ1v) is 12.9. The molecule has 10 nitrogen and oxygen atoms in total. The maximum absolute atomic E-state index is 13.3. The number of aromatic nitrogens is 5. The van der Waals surface area contributed by atoms with Crippen LogP contribution < -0.4 is 5.56 Å². The van der Waals surface area contributed by atoms with Gasteiger partial charge in [0, 0.05) is 24.6 Å². The van der Waals surface area contributed by atoms with Gasteiger partial charge in [0.05, 0.1) is 11.4 Å². The SMILES string of the molecule is CC(=O)c1cccc(S(=O)(=O)N2CCC[C@@H](c3nc4c(nnn4Cc4ccc(F)cc4)c(=O)[nH]3)C2)c1. The van der Waals surface area contributed by atoms with E-state index in [4.69, 9.17) is 0 Å². The molecule has 1 aliphatic heterocycles. The number of sulfonamides is 1. The first-order chi connectivity index (χ1) is 17.2. The van der Waals surface area contributed by atoms with Gasteiger partial charge in [-0.15, -0.1) is 5.10 Å². The van der Waals surface area contributed by atoms with E-state index in [9.17, 15) is 22.4 Å². The molecule has 0 amide bonds. The maximum Gasteiger partial charge on any atom is 0.281 e. The number of carbonyl (C=O) groups is 1. The predicted octanol–water partition coefficient (Wildman–Crippen LogP) is 2.47. The Hall–Kier alpha value is -3.77. The summed E-state index contributed by atoms with van der Waals surface area (Å²) in [4.78, 5) is 31.9. The lowest BCUT2D eigenvalue weighted by Gasteiger charge is -2.31. The number of aromatic amines is 1. The van der Waals surface area contributed by atoms with Crippen molar-refractivity contribution in [3.05, 3.63) is 81.7 Å². The Morgan fingerprint density at radius 1 is 1.19 bits per heavy atom. The van der Waals surface area contributed by atoms with Crippen molar-refractivity contribution >= 4 is 27.0 Å². The zero-order chi connectivity index (χ0) is 25.4. The lowest BCUT2D eigenvalue weighted by molar-refractivity contribution is 0.101. The number of benzene rings is 2. The summed E-state index contributed by atoms with van der Waals surface area (Å²) in [6.45, 7) is 2.07. The zero-order valence-electron chi connectivity index (χ0n) is 19.4. The second-order valence-electron chi connectivity index (χ2n) is 8.78. The third kappa shape index (κ3) is 4.56. The largest absolute Gasteiger partial charge is 0.308 e. The highest BCUT2D eigenvalue weighted by molar-refractivity contribution is 7.89. The Morgan fingerprint density at radius 2 is 1.97 bits per heavy atom. The normalized spacial score (nSPS) is 16.9. The van der Waals surface area contributed by atoms with E-state index < -0.39 is 15.6 Å². The lowest BCUT2D eigenvalue weighted by atomic mass is 9.99. The van der Waals surface area contributed by atoms with Crippen LogP contribution in [0.5, 0.6) is 0 Å². The minimum Gasteiger partial charge on any atom is -0.308 e. The molecule has 36 heavy (non-hydrogen) atoms. The Labute approximate surface area is 205 Å². The molecule has 1 fully saturated rings. The molecule has 0 bridgehead atoms. The smallest absolute Gasteiger partial charge is 0.281 e. The summed E-state index contributed by atoms with van der Waals surface area (Å²) in [5.41, 5.74) is 0.960. The molecule has 1 aliphatic rings. The summed E-state index contributed by atoms with van der Waals surface area (Å²) < 4.78 is 42.7. The third-order valence-corrected chi connectivity index (χ3v) is 8.15. The summed E-state index contributed by atoms with van der Waals surface area (Å²) in [6, 6.07) is 11.9. The molecule has 0 radical (unpaired) electrons. The van der Waals surface area contributed by atoms with Gasteiger partial charge >= 0.3 is 0 Å². The van der Waals surface area contributed by atoms with Crippen LogP contribution in [-0.4, -0.2) is 56.6 Å². The van der Waals surface area contributed by atoms with E-state index in [-0.39, 0.29) is 46.7 Å². The molecule has 3 heterocycles. The number of carbonyl (C=O) groups excluding carboxylic acids is 1. The molecule has 0 aliphatic carbocycles. The van der Waals surface area contributed by atoms with E-state index in [2.05, 4.69) is 20.3 Å². The number of halogens is 1. The highest BCUT2D eigenvalue weighted by atomic mass is 32.2. The van der Waals surface area contributed by atoms with Gasteiger partial charge in [0.2, 0.25) is 10.0 Å². The number of ketones is 1. The number of Topliss-reactive ketones (excluding diaryl/α,β-unsaturated/α-hetero) is 1. The summed E-state index contributed by atoms with van der Waals surface area (Å²) in [5.74, 6) is -0.572. The monoisotopic (exact) mass is 510 g/mol. The Kier molecular flexibility index (Phi) is 6.22. The van der Waals surface area contributed by atoms with E-state index in [1.165, 1.54) is 40.2 Å². The first kappa shape index (κ1) is 23.9.